The first-order valence-electron chi connectivity index (χ1n) is 4.76. The van der Waals surface area contributed by atoms with Crippen molar-refractivity contribution < 1.29 is 4.79 Å². The molecule has 1 heterocycles. The molecule has 3 nitrogen and oxygen atoms in total. The summed E-state index contributed by atoms with van der Waals surface area (Å²) in [4.78, 5) is 19.1. The van der Waals surface area contributed by atoms with Crippen LogP contribution in [-0.2, 0) is 0 Å². The number of benzene rings is 1. The van der Waals surface area contributed by atoms with E-state index in [9.17, 15) is 4.79 Å². The van der Waals surface area contributed by atoms with Gasteiger partial charge in [0.15, 0.2) is 12.1 Å². The molecule has 0 fully saturated rings. The maximum Gasteiger partial charge on any atom is 0.168 e. The summed E-state index contributed by atoms with van der Waals surface area (Å²) in [5.74, 6) is 0.479. The average Bonchev–Trinajstić information content (AvgIpc) is 2.28. The molecule has 0 amide bonds. The van der Waals surface area contributed by atoms with Gasteiger partial charge in [-0.3, -0.25) is 4.79 Å². The van der Waals surface area contributed by atoms with Crippen LogP contribution in [0, 0.1) is 6.92 Å². The molecule has 0 atom stereocenters. The van der Waals surface area contributed by atoms with Crippen molar-refractivity contribution >= 4 is 17.9 Å². The Labute approximate surface area is 98.1 Å². The Kier molecular flexibility index (Phi) is 2.97. The summed E-state index contributed by atoms with van der Waals surface area (Å²) < 4.78 is 0. The highest BCUT2D eigenvalue weighted by molar-refractivity contribution is 6.33. The third-order valence-electron chi connectivity index (χ3n) is 2.11. The number of rotatable bonds is 2. The van der Waals surface area contributed by atoms with Crippen LogP contribution in [-0.4, -0.2) is 16.3 Å². The van der Waals surface area contributed by atoms with Gasteiger partial charge >= 0.3 is 0 Å². The summed E-state index contributed by atoms with van der Waals surface area (Å²) >= 11 is 6.04. The van der Waals surface area contributed by atoms with Gasteiger partial charge in [-0.15, -0.1) is 0 Å². The molecule has 0 N–H and O–H groups in total. The van der Waals surface area contributed by atoms with Gasteiger partial charge in [0.2, 0.25) is 0 Å². The van der Waals surface area contributed by atoms with Gasteiger partial charge in [-0.1, -0.05) is 23.7 Å². The van der Waals surface area contributed by atoms with E-state index in [2.05, 4.69) is 9.97 Å². The lowest BCUT2D eigenvalue weighted by Gasteiger charge is -2.04. The zero-order chi connectivity index (χ0) is 11.5. The first-order chi connectivity index (χ1) is 7.70. The van der Waals surface area contributed by atoms with Gasteiger partial charge in [-0.05, 0) is 25.1 Å². The standard InChI is InChI=1S/C12H9ClN2O/c1-8-6-9(7-16)15-12(14-8)10-4-2-3-5-11(10)13/h2-7H,1H3. The summed E-state index contributed by atoms with van der Waals surface area (Å²) in [5, 5.41) is 0.574. The Bertz CT molecular complexity index is 540. The number of carbonyl (C=O) groups excluding carboxylic acids is 1. The zero-order valence-corrected chi connectivity index (χ0v) is 9.40. The largest absolute Gasteiger partial charge is 0.296 e. The van der Waals surface area contributed by atoms with Crippen LogP contribution < -0.4 is 0 Å². The molecule has 16 heavy (non-hydrogen) atoms. The fourth-order valence-electron chi connectivity index (χ4n) is 1.42. The lowest BCUT2D eigenvalue weighted by molar-refractivity contribution is 0.111. The van der Waals surface area contributed by atoms with Crippen LogP contribution in [0.1, 0.15) is 16.2 Å². The highest BCUT2D eigenvalue weighted by Crippen LogP contribution is 2.24. The Morgan fingerprint density at radius 3 is 2.69 bits per heavy atom. The zero-order valence-electron chi connectivity index (χ0n) is 8.64. The SMILES string of the molecule is Cc1cc(C=O)nc(-c2ccccc2Cl)n1. The number of aromatic nitrogens is 2. The molecule has 2 rings (SSSR count). The maximum atomic E-state index is 10.7. The summed E-state index contributed by atoms with van der Waals surface area (Å²) in [5.41, 5.74) is 1.84. The molecule has 0 spiro atoms. The summed E-state index contributed by atoms with van der Waals surface area (Å²) in [6, 6.07) is 8.91. The van der Waals surface area contributed by atoms with E-state index in [1.807, 2.05) is 25.1 Å². The molecule has 2 aromatic rings. The third-order valence-corrected chi connectivity index (χ3v) is 2.44. The molecule has 1 aromatic carbocycles. The van der Waals surface area contributed by atoms with Gasteiger partial charge < -0.3 is 0 Å². The Hall–Kier alpha value is -1.74. The first kappa shape index (κ1) is 10.8. The van der Waals surface area contributed by atoms with Crippen molar-refractivity contribution in [1.82, 2.24) is 9.97 Å². The van der Waals surface area contributed by atoms with Crippen molar-refractivity contribution in [2.24, 2.45) is 0 Å². The number of aryl methyl sites for hydroxylation is 1. The van der Waals surface area contributed by atoms with Crippen LogP contribution in [0.25, 0.3) is 11.4 Å². The number of hydrogen-bond donors (Lipinski definition) is 0. The van der Waals surface area contributed by atoms with Crippen molar-refractivity contribution in [3.8, 4) is 11.4 Å². The van der Waals surface area contributed by atoms with Crippen LogP contribution in [0.3, 0.4) is 0 Å². The predicted molar refractivity (Wildman–Crippen MR) is 62.6 cm³/mol. The fourth-order valence-corrected chi connectivity index (χ4v) is 1.64. The number of halogens is 1. The lowest BCUT2D eigenvalue weighted by atomic mass is 10.2. The monoisotopic (exact) mass is 232 g/mol. The van der Waals surface area contributed by atoms with E-state index in [1.54, 1.807) is 12.1 Å². The van der Waals surface area contributed by atoms with Crippen molar-refractivity contribution in [2.75, 3.05) is 0 Å². The van der Waals surface area contributed by atoms with Crippen molar-refractivity contribution in [3.63, 3.8) is 0 Å². The lowest BCUT2D eigenvalue weighted by Crippen LogP contribution is -1.97. The Balaban J connectivity index is 2.60. The molecule has 0 saturated heterocycles. The van der Waals surface area contributed by atoms with Crippen LogP contribution in [0.2, 0.25) is 5.02 Å². The third kappa shape index (κ3) is 2.09. The van der Waals surface area contributed by atoms with Crippen LogP contribution in [0.4, 0.5) is 0 Å². The Morgan fingerprint density at radius 2 is 2.00 bits per heavy atom. The molecule has 4 heteroatoms. The molecule has 80 valence electrons. The second kappa shape index (κ2) is 4.41. The van der Waals surface area contributed by atoms with Gasteiger partial charge in [-0.2, -0.15) is 0 Å². The minimum absolute atomic E-state index is 0.363. The Morgan fingerprint density at radius 1 is 1.25 bits per heavy atom. The number of nitrogens with zero attached hydrogens (tertiary/aromatic N) is 2. The van der Waals surface area contributed by atoms with E-state index in [0.717, 1.165) is 11.3 Å². The van der Waals surface area contributed by atoms with Crippen molar-refractivity contribution in [3.05, 3.63) is 46.7 Å². The second-order valence-electron chi connectivity index (χ2n) is 3.36. The normalized spacial score (nSPS) is 10.1. The molecule has 0 bridgehead atoms. The number of hydrogen-bond acceptors (Lipinski definition) is 3. The quantitative estimate of drug-likeness (QED) is 0.748. The van der Waals surface area contributed by atoms with Gasteiger partial charge in [0, 0.05) is 11.3 Å². The number of aldehydes is 1. The van der Waals surface area contributed by atoms with E-state index in [1.165, 1.54) is 0 Å². The van der Waals surface area contributed by atoms with Crippen LogP contribution >= 0.6 is 11.6 Å². The van der Waals surface area contributed by atoms with E-state index in [-0.39, 0.29) is 0 Å². The highest BCUT2D eigenvalue weighted by Gasteiger charge is 2.07. The van der Waals surface area contributed by atoms with E-state index < -0.39 is 0 Å². The van der Waals surface area contributed by atoms with Crippen molar-refractivity contribution in [1.29, 1.82) is 0 Å². The van der Waals surface area contributed by atoms with E-state index in [0.29, 0.717) is 22.8 Å². The number of carbonyl (C=O) groups is 1. The summed E-state index contributed by atoms with van der Waals surface area (Å²) in [6.45, 7) is 1.81. The average molecular weight is 233 g/mol. The molecule has 0 radical (unpaired) electrons. The molecule has 0 unspecified atom stereocenters. The van der Waals surface area contributed by atoms with E-state index >= 15 is 0 Å². The van der Waals surface area contributed by atoms with Gasteiger partial charge in [0.05, 0.1) is 5.02 Å². The molecule has 0 saturated carbocycles. The maximum absolute atomic E-state index is 10.7. The molecular weight excluding hydrogens is 224 g/mol. The first-order valence-corrected chi connectivity index (χ1v) is 5.14. The predicted octanol–water partition coefficient (Wildman–Crippen LogP) is 2.92. The minimum Gasteiger partial charge on any atom is -0.296 e. The molecule has 0 aliphatic rings. The van der Waals surface area contributed by atoms with E-state index in [4.69, 9.17) is 11.6 Å². The minimum atomic E-state index is 0.363. The summed E-state index contributed by atoms with van der Waals surface area (Å²) in [7, 11) is 0. The molecule has 1 aromatic heterocycles. The molecular formula is C12H9ClN2O. The van der Waals surface area contributed by atoms with Gasteiger partial charge in [-0.25, -0.2) is 9.97 Å². The van der Waals surface area contributed by atoms with Crippen LogP contribution in [0.5, 0.6) is 0 Å². The fraction of sp³-hybridized carbons (Fsp3) is 0.0833. The second-order valence-corrected chi connectivity index (χ2v) is 3.76. The highest BCUT2D eigenvalue weighted by atomic mass is 35.5. The topological polar surface area (TPSA) is 42.9 Å². The smallest absolute Gasteiger partial charge is 0.168 e. The van der Waals surface area contributed by atoms with Crippen LogP contribution in [0.15, 0.2) is 30.3 Å². The van der Waals surface area contributed by atoms with Crippen molar-refractivity contribution in [2.45, 2.75) is 6.92 Å². The summed E-state index contributed by atoms with van der Waals surface area (Å²) in [6.07, 6.45) is 0.703. The van der Waals surface area contributed by atoms with Gasteiger partial charge in [0.1, 0.15) is 5.69 Å². The van der Waals surface area contributed by atoms with Gasteiger partial charge in [0.25, 0.3) is 0 Å². The molecule has 0 aliphatic carbocycles. The molecule has 0 aliphatic heterocycles.